The Labute approximate surface area is 211 Å². The molecule has 3 amide bonds. The number of aliphatic carboxylic acids is 1. The van der Waals surface area contributed by atoms with Crippen molar-refractivity contribution in [2.24, 2.45) is 0 Å². The molecule has 4 aromatic rings. The molecule has 0 aliphatic heterocycles. The third-order valence-corrected chi connectivity index (χ3v) is 7.36. The highest BCUT2D eigenvalue weighted by atomic mass is 35.5. The lowest BCUT2D eigenvalue weighted by Gasteiger charge is -2.14. The number of nitrogens with one attached hydrogen (secondary N) is 4. The average molecular weight is 532 g/mol. The van der Waals surface area contributed by atoms with E-state index in [4.69, 9.17) is 11.6 Å². The van der Waals surface area contributed by atoms with Crippen LogP contribution in [-0.2, 0) is 11.3 Å². The van der Waals surface area contributed by atoms with Crippen LogP contribution in [0, 0.1) is 0 Å². The minimum absolute atomic E-state index is 0.00964. The number of amides is 3. The second kappa shape index (κ2) is 10.7. The Kier molecular flexibility index (Phi) is 7.44. The first-order valence-electron chi connectivity index (χ1n) is 10.2. The molecule has 1 aromatic carbocycles. The van der Waals surface area contributed by atoms with Crippen LogP contribution in [0.15, 0.2) is 48.0 Å². The monoisotopic (exact) mass is 531 g/mol. The van der Waals surface area contributed by atoms with Crippen LogP contribution in [-0.4, -0.2) is 51.6 Å². The van der Waals surface area contributed by atoms with E-state index in [9.17, 15) is 24.3 Å². The van der Waals surface area contributed by atoms with Crippen LogP contribution in [0.4, 0.5) is 0 Å². The van der Waals surface area contributed by atoms with Gasteiger partial charge in [0.1, 0.15) is 10.9 Å². The summed E-state index contributed by atoms with van der Waals surface area (Å²) >= 11 is 8.21. The van der Waals surface area contributed by atoms with E-state index in [1.807, 2.05) is 18.2 Å². The highest BCUT2D eigenvalue weighted by molar-refractivity contribution is 7.16. The third kappa shape index (κ3) is 5.67. The average Bonchev–Trinajstić information content (AvgIpc) is 3.60. The lowest BCUT2D eigenvalue weighted by molar-refractivity contribution is -0.139. The molecule has 5 N–H and O–H groups in total. The fourth-order valence-corrected chi connectivity index (χ4v) is 5.08. The number of benzene rings is 1. The molecule has 3 heterocycles. The molecule has 1 atom stereocenters. The van der Waals surface area contributed by atoms with Crippen LogP contribution in [0.5, 0.6) is 0 Å². The number of fused-ring (bicyclic) bond motifs is 1. The van der Waals surface area contributed by atoms with Crippen molar-refractivity contribution in [3.05, 3.63) is 73.2 Å². The number of aromatic nitrogens is 2. The van der Waals surface area contributed by atoms with E-state index in [2.05, 4.69) is 26.1 Å². The molecule has 0 aliphatic rings. The summed E-state index contributed by atoms with van der Waals surface area (Å²) in [5.41, 5.74) is 1.70. The van der Waals surface area contributed by atoms with Gasteiger partial charge in [-0.25, -0.2) is 4.79 Å². The Hall–Kier alpha value is -3.74. The van der Waals surface area contributed by atoms with Gasteiger partial charge in [0.15, 0.2) is 0 Å². The van der Waals surface area contributed by atoms with Crippen LogP contribution >= 0.6 is 34.3 Å². The summed E-state index contributed by atoms with van der Waals surface area (Å²) in [4.78, 5) is 49.6. The van der Waals surface area contributed by atoms with Gasteiger partial charge in [-0.2, -0.15) is 5.10 Å². The molecule has 13 heteroatoms. The van der Waals surface area contributed by atoms with E-state index in [-0.39, 0.29) is 27.9 Å². The molecule has 0 unspecified atom stereocenters. The molecule has 3 aromatic heterocycles. The van der Waals surface area contributed by atoms with E-state index < -0.39 is 29.7 Å². The van der Waals surface area contributed by atoms with E-state index >= 15 is 0 Å². The number of carboxylic acid groups (broad SMARTS) is 1. The minimum atomic E-state index is -1.39. The van der Waals surface area contributed by atoms with Crippen LogP contribution in [0.3, 0.4) is 0 Å². The Morgan fingerprint density at radius 3 is 2.60 bits per heavy atom. The fraction of sp³-hybridized carbons (Fsp3) is 0.136. The summed E-state index contributed by atoms with van der Waals surface area (Å²) in [6.45, 7) is -0.0918. The fourth-order valence-electron chi connectivity index (χ4n) is 3.20. The van der Waals surface area contributed by atoms with Gasteiger partial charge in [0, 0.05) is 18.5 Å². The Morgan fingerprint density at radius 1 is 1.06 bits per heavy atom. The molecule has 10 nitrogen and oxygen atoms in total. The molecule has 0 spiro atoms. The van der Waals surface area contributed by atoms with E-state index in [0.29, 0.717) is 4.88 Å². The Morgan fingerprint density at radius 2 is 1.86 bits per heavy atom. The first-order chi connectivity index (χ1) is 16.8. The van der Waals surface area contributed by atoms with Crippen molar-refractivity contribution in [3.8, 4) is 0 Å². The normalized spacial score (nSPS) is 11.7. The molecule has 0 saturated carbocycles. The first-order valence-corrected chi connectivity index (χ1v) is 12.2. The highest BCUT2D eigenvalue weighted by Gasteiger charge is 2.25. The number of H-pyrrole nitrogens is 1. The SMILES string of the molecule is O=C(NC[C@H](NC(=O)c1sc(C(=O)NCc2cccc3[nH]ncc23)cc1Cl)C(=O)O)c1cccs1. The Balaban J connectivity index is 1.38. The summed E-state index contributed by atoms with van der Waals surface area (Å²) in [5, 5.41) is 26.5. The number of thiophene rings is 2. The van der Waals surface area contributed by atoms with Crippen LogP contribution in [0.2, 0.25) is 5.02 Å². The van der Waals surface area contributed by atoms with Crippen molar-refractivity contribution in [1.82, 2.24) is 26.1 Å². The van der Waals surface area contributed by atoms with Gasteiger partial charge < -0.3 is 21.1 Å². The van der Waals surface area contributed by atoms with Crippen molar-refractivity contribution >= 4 is 68.9 Å². The number of carbonyl (C=O) groups excluding carboxylic acids is 3. The van der Waals surface area contributed by atoms with E-state index in [0.717, 1.165) is 27.8 Å². The summed E-state index contributed by atoms with van der Waals surface area (Å²) in [5.74, 6) is -2.97. The van der Waals surface area contributed by atoms with E-state index in [1.54, 1.807) is 23.7 Å². The van der Waals surface area contributed by atoms with Gasteiger partial charge in [0.05, 0.1) is 26.5 Å². The van der Waals surface area contributed by atoms with Crippen molar-refractivity contribution in [3.63, 3.8) is 0 Å². The molecule has 180 valence electrons. The lowest BCUT2D eigenvalue weighted by atomic mass is 10.1. The number of halogens is 1. The van der Waals surface area contributed by atoms with Crippen molar-refractivity contribution < 1.29 is 24.3 Å². The molecular weight excluding hydrogens is 514 g/mol. The summed E-state index contributed by atoms with van der Waals surface area (Å²) in [7, 11) is 0. The molecule has 35 heavy (non-hydrogen) atoms. The standard InChI is InChI=1S/C22H18ClN5O5S2/c23-13-7-17(20(30)24-8-11-3-1-4-14-12(11)9-26-28-14)35-18(13)21(31)27-15(22(32)33)10-25-19(29)16-5-2-6-34-16/h1-7,9,15H,8,10H2,(H,24,30)(H,25,29)(H,26,28)(H,27,31)(H,32,33)/t15-/m0/s1. The highest BCUT2D eigenvalue weighted by Crippen LogP contribution is 2.27. The quantitative estimate of drug-likeness (QED) is 0.224. The molecule has 0 saturated heterocycles. The van der Waals surface area contributed by atoms with Crippen LogP contribution in [0.25, 0.3) is 10.9 Å². The number of rotatable bonds is 9. The second-order valence-electron chi connectivity index (χ2n) is 7.27. The molecular formula is C22H18ClN5O5S2. The number of carbonyl (C=O) groups is 4. The maximum absolute atomic E-state index is 12.7. The van der Waals surface area contributed by atoms with Crippen LogP contribution in [0.1, 0.15) is 34.6 Å². The van der Waals surface area contributed by atoms with Gasteiger partial charge >= 0.3 is 5.97 Å². The first kappa shape index (κ1) is 24.4. The topological polar surface area (TPSA) is 153 Å². The van der Waals surface area contributed by atoms with Gasteiger partial charge in [-0.3, -0.25) is 19.5 Å². The maximum atomic E-state index is 12.7. The number of aromatic amines is 1. The summed E-state index contributed by atoms with van der Waals surface area (Å²) in [6.07, 6.45) is 1.67. The van der Waals surface area contributed by atoms with Crippen molar-refractivity contribution in [1.29, 1.82) is 0 Å². The third-order valence-electron chi connectivity index (χ3n) is 4.95. The summed E-state index contributed by atoms with van der Waals surface area (Å²) < 4.78 is 0. The molecule has 0 bridgehead atoms. The molecule has 0 aliphatic carbocycles. The zero-order valence-electron chi connectivity index (χ0n) is 17.8. The number of hydrogen-bond donors (Lipinski definition) is 5. The van der Waals surface area contributed by atoms with Gasteiger partial charge in [0.2, 0.25) is 0 Å². The zero-order valence-corrected chi connectivity index (χ0v) is 20.2. The van der Waals surface area contributed by atoms with Gasteiger partial charge in [-0.05, 0) is 29.1 Å². The predicted octanol–water partition coefficient (Wildman–Crippen LogP) is 2.88. The number of carboxylic acids is 1. The molecule has 4 rings (SSSR count). The Bertz CT molecular complexity index is 1400. The second-order valence-corrected chi connectivity index (χ2v) is 9.68. The van der Waals surface area contributed by atoms with Gasteiger partial charge in [0.25, 0.3) is 17.7 Å². The van der Waals surface area contributed by atoms with Crippen molar-refractivity contribution in [2.75, 3.05) is 6.54 Å². The molecule has 0 radical (unpaired) electrons. The largest absolute Gasteiger partial charge is 0.480 e. The summed E-state index contributed by atoms with van der Waals surface area (Å²) in [6, 6.07) is 8.83. The van der Waals surface area contributed by atoms with Gasteiger partial charge in [-0.15, -0.1) is 22.7 Å². The van der Waals surface area contributed by atoms with Crippen molar-refractivity contribution in [2.45, 2.75) is 12.6 Å². The lowest BCUT2D eigenvalue weighted by Crippen LogP contribution is -2.48. The van der Waals surface area contributed by atoms with Gasteiger partial charge in [-0.1, -0.05) is 29.8 Å². The van der Waals surface area contributed by atoms with E-state index in [1.165, 1.54) is 17.4 Å². The zero-order chi connectivity index (χ0) is 24.9. The minimum Gasteiger partial charge on any atom is -0.480 e. The number of hydrogen-bond acceptors (Lipinski definition) is 7. The molecule has 0 fully saturated rings. The predicted molar refractivity (Wildman–Crippen MR) is 132 cm³/mol. The number of nitrogens with zero attached hydrogens (tertiary/aromatic N) is 1. The smallest absolute Gasteiger partial charge is 0.328 e. The maximum Gasteiger partial charge on any atom is 0.328 e. The van der Waals surface area contributed by atoms with Crippen LogP contribution < -0.4 is 16.0 Å².